The molecule has 24 heavy (non-hydrogen) atoms. The molecular weight excluding hydrogens is 296 g/mol. The summed E-state index contributed by atoms with van der Waals surface area (Å²) in [5.41, 5.74) is 8.36. The molecule has 1 saturated carbocycles. The minimum absolute atomic E-state index is 0.256. The van der Waals surface area contributed by atoms with Gasteiger partial charge in [-0.1, -0.05) is 30.3 Å². The first kappa shape index (κ1) is 15.2. The molecule has 1 heterocycles. The highest BCUT2D eigenvalue weighted by molar-refractivity contribution is 5.99. The van der Waals surface area contributed by atoms with Crippen molar-refractivity contribution < 1.29 is 4.74 Å². The number of hydrogen-bond donors (Lipinski definition) is 1. The highest BCUT2D eigenvalue weighted by Crippen LogP contribution is 2.38. The second-order valence-corrected chi connectivity index (χ2v) is 6.56. The first-order chi connectivity index (χ1) is 11.8. The predicted molar refractivity (Wildman–Crippen MR) is 98.0 cm³/mol. The van der Waals surface area contributed by atoms with Crippen LogP contribution in [0.15, 0.2) is 60.9 Å². The van der Waals surface area contributed by atoms with Crippen LogP contribution >= 0.6 is 0 Å². The van der Waals surface area contributed by atoms with Crippen molar-refractivity contribution in [1.29, 1.82) is 0 Å². The molecule has 2 N–H and O–H groups in total. The number of nitrogens with two attached hydrogens (primary N) is 1. The third-order valence-corrected chi connectivity index (χ3v) is 4.86. The SMILES string of the molecule is N[C@H]1CC[C@@H](Oc2ccc3cnccc3c2-c2ccccc2)CC1. The number of pyridine rings is 1. The van der Waals surface area contributed by atoms with Crippen LogP contribution in [0.2, 0.25) is 0 Å². The van der Waals surface area contributed by atoms with Crippen molar-refractivity contribution in [2.24, 2.45) is 5.73 Å². The maximum Gasteiger partial charge on any atom is 0.128 e. The third-order valence-electron chi connectivity index (χ3n) is 4.86. The number of rotatable bonds is 3. The van der Waals surface area contributed by atoms with E-state index in [0.29, 0.717) is 6.04 Å². The van der Waals surface area contributed by atoms with E-state index >= 15 is 0 Å². The van der Waals surface area contributed by atoms with Crippen LogP contribution in [0, 0.1) is 0 Å². The maximum absolute atomic E-state index is 6.42. The molecule has 3 aromatic rings. The fourth-order valence-electron chi connectivity index (χ4n) is 3.54. The summed E-state index contributed by atoms with van der Waals surface area (Å²) in [6.07, 6.45) is 8.16. The van der Waals surface area contributed by atoms with Crippen LogP contribution in [-0.4, -0.2) is 17.1 Å². The number of hydrogen-bond acceptors (Lipinski definition) is 3. The molecule has 0 aliphatic heterocycles. The Kier molecular flexibility index (Phi) is 4.18. The Hall–Kier alpha value is -2.39. The van der Waals surface area contributed by atoms with Crippen LogP contribution in [0.1, 0.15) is 25.7 Å². The van der Waals surface area contributed by atoms with E-state index in [1.807, 2.05) is 18.5 Å². The molecule has 0 atom stereocenters. The van der Waals surface area contributed by atoms with Crippen LogP contribution in [-0.2, 0) is 0 Å². The van der Waals surface area contributed by atoms with Crippen molar-refractivity contribution in [1.82, 2.24) is 4.98 Å². The average molecular weight is 318 g/mol. The van der Waals surface area contributed by atoms with Gasteiger partial charge in [0.2, 0.25) is 0 Å². The zero-order valence-corrected chi connectivity index (χ0v) is 13.7. The molecule has 4 rings (SSSR count). The average Bonchev–Trinajstić information content (AvgIpc) is 2.64. The van der Waals surface area contributed by atoms with Crippen LogP contribution < -0.4 is 10.5 Å². The maximum atomic E-state index is 6.42. The first-order valence-corrected chi connectivity index (χ1v) is 8.65. The number of benzene rings is 2. The zero-order valence-electron chi connectivity index (χ0n) is 13.7. The fourth-order valence-corrected chi connectivity index (χ4v) is 3.54. The lowest BCUT2D eigenvalue weighted by atomic mass is 9.93. The first-order valence-electron chi connectivity index (χ1n) is 8.65. The van der Waals surface area contributed by atoms with Crippen molar-refractivity contribution >= 4 is 10.8 Å². The Labute approximate surface area is 142 Å². The second-order valence-electron chi connectivity index (χ2n) is 6.56. The summed E-state index contributed by atoms with van der Waals surface area (Å²) in [6, 6.07) is 17.0. The van der Waals surface area contributed by atoms with E-state index in [0.717, 1.165) is 42.4 Å². The van der Waals surface area contributed by atoms with Gasteiger partial charge in [-0.3, -0.25) is 4.98 Å². The number of aromatic nitrogens is 1. The highest BCUT2D eigenvalue weighted by atomic mass is 16.5. The van der Waals surface area contributed by atoms with Crippen LogP contribution in [0.5, 0.6) is 5.75 Å². The quantitative estimate of drug-likeness (QED) is 0.770. The molecule has 0 saturated heterocycles. The largest absolute Gasteiger partial charge is 0.490 e. The van der Waals surface area contributed by atoms with Gasteiger partial charge in [-0.15, -0.1) is 0 Å². The minimum Gasteiger partial charge on any atom is -0.490 e. The minimum atomic E-state index is 0.256. The van der Waals surface area contributed by atoms with E-state index in [1.165, 1.54) is 10.9 Å². The molecular formula is C21H22N2O. The Morgan fingerprint density at radius 1 is 0.917 bits per heavy atom. The predicted octanol–water partition coefficient (Wildman–Crippen LogP) is 4.55. The van der Waals surface area contributed by atoms with Crippen LogP contribution in [0.3, 0.4) is 0 Å². The van der Waals surface area contributed by atoms with Crippen molar-refractivity contribution in [2.75, 3.05) is 0 Å². The molecule has 0 unspecified atom stereocenters. The number of fused-ring (bicyclic) bond motifs is 1. The summed E-state index contributed by atoms with van der Waals surface area (Å²) in [4.78, 5) is 4.25. The lowest BCUT2D eigenvalue weighted by Crippen LogP contribution is -2.31. The van der Waals surface area contributed by atoms with Gasteiger partial charge >= 0.3 is 0 Å². The fraction of sp³-hybridized carbons (Fsp3) is 0.286. The Bertz CT molecular complexity index is 824. The number of nitrogens with zero attached hydrogens (tertiary/aromatic N) is 1. The summed E-state index contributed by atoms with van der Waals surface area (Å²) in [5.74, 6) is 0.959. The summed E-state index contributed by atoms with van der Waals surface area (Å²) in [6.45, 7) is 0. The summed E-state index contributed by atoms with van der Waals surface area (Å²) >= 11 is 0. The second kappa shape index (κ2) is 6.62. The normalized spacial score (nSPS) is 20.9. The van der Waals surface area contributed by atoms with Gasteiger partial charge in [0.15, 0.2) is 0 Å². The van der Waals surface area contributed by atoms with Gasteiger partial charge in [-0.05, 0) is 54.8 Å². The molecule has 2 aromatic carbocycles. The lowest BCUT2D eigenvalue weighted by molar-refractivity contribution is 0.148. The molecule has 1 aromatic heterocycles. The molecule has 0 spiro atoms. The van der Waals surface area contributed by atoms with E-state index in [9.17, 15) is 0 Å². The standard InChI is InChI=1S/C21H22N2O/c22-17-7-9-18(10-8-17)24-20-11-6-16-14-23-13-12-19(16)21(20)15-4-2-1-3-5-15/h1-6,11-14,17-18H,7-10,22H2/t17-,18+. The summed E-state index contributed by atoms with van der Waals surface area (Å²) in [5, 5.41) is 2.32. The van der Waals surface area contributed by atoms with Crippen LogP contribution in [0.4, 0.5) is 0 Å². The van der Waals surface area contributed by atoms with E-state index in [-0.39, 0.29) is 6.10 Å². The van der Waals surface area contributed by atoms with Gasteiger partial charge in [0, 0.05) is 29.4 Å². The molecule has 122 valence electrons. The molecule has 1 aliphatic carbocycles. The van der Waals surface area contributed by atoms with Gasteiger partial charge in [0.05, 0.1) is 6.10 Å². The topological polar surface area (TPSA) is 48.1 Å². The van der Waals surface area contributed by atoms with Crippen molar-refractivity contribution in [3.63, 3.8) is 0 Å². The Morgan fingerprint density at radius 2 is 1.71 bits per heavy atom. The van der Waals surface area contributed by atoms with E-state index in [4.69, 9.17) is 10.5 Å². The van der Waals surface area contributed by atoms with Gasteiger partial charge in [0.1, 0.15) is 5.75 Å². The van der Waals surface area contributed by atoms with Gasteiger partial charge < -0.3 is 10.5 Å². The highest BCUT2D eigenvalue weighted by Gasteiger charge is 2.21. The molecule has 1 fully saturated rings. The summed E-state index contributed by atoms with van der Waals surface area (Å²) < 4.78 is 6.42. The van der Waals surface area contributed by atoms with E-state index in [1.54, 1.807) is 0 Å². The summed E-state index contributed by atoms with van der Waals surface area (Å²) in [7, 11) is 0. The van der Waals surface area contributed by atoms with E-state index in [2.05, 4.69) is 47.4 Å². The zero-order chi connectivity index (χ0) is 16.4. The Morgan fingerprint density at radius 3 is 2.50 bits per heavy atom. The van der Waals surface area contributed by atoms with E-state index < -0.39 is 0 Å². The van der Waals surface area contributed by atoms with Crippen molar-refractivity contribution in [2.45, 2.75) is 37.8 Å². The monoisotopic (exact) mass is 318 g/mol. The third kappa shape index (κ3) is 3.00. The van der Waals surface area contributed by atoms with Gasteiger partial charge in [-0.2, -0.15) is 0 Å². The van der Waals surface area contributed by atoms with Crippen molar-refractivity contribution in [3.05, 3.63) is 60.9 Å². The van der Waals surface area contributed by atoms with Gasteiger partial charge in [-0.25, -0.2) is 0 Å². The molecule has 1 aliphatic rings. The molecule has 0 radical (unpaired) electrons. The lowest BCUT2D eigenvalue weighted by Gasteiger charge is -2.28. The number of ether oxygens (including phenoxy) is 1. The molecule has 3 heteroatoms. The smallest absolute Gasteiger partial charge is 0.128 e. The van der Waals surface area contributed by atoms with Crippen molar-refractivity contribution in [3.8, 4) is 16.9 Å². The molecule has 0 bridgehead atoms. The molecule has 0 amide bonds. The van der Waals surface area contributed by atoms with Crippen LogP contribution in [0.25, 0.3) is 21.9 Å². The molecule has 3 nitrogen and oxygen atoms in total. The van der Waals surface area contributed by atoms with Gasteiger partial charge in [0.25, 0.3) is 0 Å². The Balaban J connectivity index is 1.77.